The number of ketones is 2. The Balaban J connectivity index is 2.45. The number of carbonyl (C=O) groups excluding carboxylic acids is 2. The van der Waals surface area contributed by atoms with Crippen LogP contribution in [-0.2, 0) is 6.54 Å². The molecule has 0 saturated carbocycles. The van der Waals surface area contributed by atoms with Gasteiger partial charge in [0.25, 0.3) is 0 Å². The van der Waals surface area contributed by atoms with Gasteiger partial charge in [-0.1, -0.05) is 24.3 Å². The lowest BCUT2D eigenvalue weighted by Gasteiger charge is -2.08. The highest BCUT2D eigenvalue weighted by molar-refractivity contribution is 6.26. The second-order valence-electron chi connectivity index (χ2n) is 4.86. The second kappa shape index (κ2) is 3.92. The number of hydrogen-bond donors (Lipinski definition) is 0. The van der Waals surface area contributed by atoms with E-state index in [4.69, 9.17) is 0 Å². The lowest BCUT2D eigenvalue weighted by Crippen LogP contribution is -2.05. The van der Waals surface area contributed by atoms with Crippen molar-refractivity contribution in [1.82, 2.24) is 4.57 Å². The van der Waals surface area contributed by atoms with Gasteiger partial charge in [0.15, 0.2) is 11.6 Å². The maximum atomic E-state index is 12.5. The summed E-state index contributed by atoms with van der Waals surface area (Å²) in [5.74, 6) is -0.0618. The van der Waals surface area contributed by atoms with Gasteiger partial charge in [-0.25, -0.2) is 0 Å². The normalized spacial score (nSPS) is 12.5. The Morgan fingerprint density at radius 1 is 1.21 bits per heavy atom. The highest BCUT2D eigenvalue weighted by Crippen LogP contribution is 2.41. The summed E-state index contributed by atoms with van der Waals surface area (Å²) in [6, 6.07) is 7.57. The Morgan fingerprint density at radius 2 is 1.84 bits per heavy atom. The lowest BCUT2D eigenvalue weighted by atomic mass is 10.0. The minimum absolute atomic E-state index is 0.0221. The van der Waals surface area contributed by atoms with Crippen LogP contribution in [0.4, 0.5) is 0 Å². The number of fused-ring (bicyclic) bond motifs is 3. The van der Waals surface area contributed by atoms with Crippen molar-refractivity contribution < 1.29 is 9.59 Å². The van der Waals surface area contributed by atoms with Crippen molar-refractivity contribution >= 4 is 11.6 Å². The van der Waals surface area contributed by atoms with Crippen LogP contribution in [0.15, 0.2) is 24.3 Å². The van der Waals surface area contributed by atoms with Crippen molar-refractivity contribution in [1.29, 1.82) is 0 Å². The summed E-state index contributed by atoms with van der Waals surface area (Å²) in [5.41, 5.74) is 4.62. The molecule has 1 heterocycles. The van der Waals surface area contributed by atoms with E-state index in [9.17, 15) is 9.59 Å². The molecule has 1 aromatic carbocycles. The molecule has 1 aliphatic rings. The van der Waals surface area contributed by atoms with Gasteiger partial charge in [-0.3, -0.25) is 9.59 Å². The molecule has 19 heavy (non-hydrogen) atoms. The summed E-state index contributed by atoms with van der Waals surface area (Å²) in [6.45, 7) is 6.22. The first-order valence-corrected chi connectivity index (χ1v) is 6.46. The molecule has 0 fully saturated rings. The molecule has 0 unspecified atom stereocenters. The fraction of sp³-hybridized carbons (Fsp3) is 0.250. The minimum atomic E-state index is -0.0397. The summed E-state index contributed by atoms with van der Waals surface area (Å²) < 4.78 is 2.07. The Morgan fingerprint density at radius 3 is 2.42 bits per heavy atom. The van der Waals surface area contributed by atoms with Crippen molar-refractivity contribution in [2.45, 2.75) is 27.3 Å². The molecule has 3 heteroatoms. The maximum absolute atomic E-state index is 12.5. The van der Waals surface area contributed by atoms with E-state index in [1.807, 2.05) is 38.1 Å². The van der Waals surface area contributed by atoms with Crippen molar-refractivity contribution in [2.75, 3.05) is 0 Å². The summed E-state index contributed by atoms with van der Waals surface area (Å²) in [6.07, 6.45) is 0. The molecule has 0 N–H and O–H groups in total. The van der Waals surface area contributed by atoms with Crippen molar-refractivity contribution in [2.24, 2.45) is 0 Å². The molecule has 1 aliphatic carbocycles. The largest absolute Gasteiger partial charge is 0.344 e. The molecule has 0 radical (unpaired) electrons. The first kappa shape index (κ1) is 11.9. The summed E-state index contributed by atoms with van der Waals surface area (Å²) in [4.78, 5) is 24.4. The van der Waals surface area contributed by atoms with Gasteiger partial charge < -0.3 is 4.57 Å². The predicted octanol–water partition coefficient (Wildman–Crippen LogP) is 3.23. The fourth-order valence-corrected chi connectivity index (χ4v) is 3.09. The Labute approximate surface area is 111 Å². The third-order valence-electron chi connectivity index (χ3n) is 3.85. The van der Waals surface area contributed by atoms with Crippen LogP contribution in [0.5, 0.6) is 0 Å². The molecular formula is C16H15NO2. The third-order valence-corrected chi connectivity index (χ3v) is 3.85. The van der Waals surface area contributed by atoms with Gasteiger partial charge in [0, 0.05) is 28.9 Å². The molecule has 0 aliphatic heterocycles. The predicted molar refractivity (Wildman–Crippen MR) is 73.7 cm³/mol. The van der Waals surface area contributed by atoms with E-state index in [0.717, 1.165) is 23.5 Å². The standard InChI is InChI=1S/C16H15NO2/c1-4-17-9(2)13(10(3)18)14-15(17)11-7-5-6-8-12(11)16(14)19/h5-8H,4H2,1-3H3. The van der Waals surface area contributed by atoms with E-state index < -0.39 is 0 Å². The molecule has 2 aromatic rings. The van der Waals surface area contributed by atoms with E-state index in [-0.39, 0.29) is 11.6 Å². The second-order valence-corrected chi connectivity index (χ2v) is 4.86. The third kappa shape index (κ3) is 1.38. The Bertz CT molecular complexity index is 723. The van der Waals surface area contributed by atoms with Crippen LogP contribution in [0.2, 0.25) is 0 Å². The maximum Gasteiger partial charge on any atom is 0.196 e. The summed E-state index contributed by atoms with van der Waals surface area (Å²) in [5, 5.41) is 0. The number of benzene rings is 1. The van der Waals surface area contributed by atoms with Crippen LogP contribution in [-0.4, -0.2) is 16.1 Å². The smallest absolute Gasteiger partial charge is 0.196 e. The zero-order chi connectivity index (χ0) is 13.7. The average molecular weight is 253 g/mol. The quantitative estimate of drug-likeness (QED) is 0.658. The number of nitrogens with zero attached hydrogens (tertiary/aromatic N) is 1. The monoisotopic (exact) mass is 253 g/mol. The highest BCUT2D eigenvalue weighted by Gasteiger charge is 2.35. The number of aromatic nitrogens is 1. The summed E-state index contributed by atoms with van der Waals surface area (Å²) in [7, 11) is 0. The van der Waals surface area contributed by atoms with E-state index in [1.54, 1.807) is 0 Å². The van der Waals surface area contributed by atoms with Crippen LogP contribution >= 0.6 is 0 Å². The van der Waals surface area contributed by atoms with Crippen molar-refractivity contribution in [3.05, 3.63) is 46.6 Å². The number of Topliss-reactive ketones (excluding diaryl/α,β-unsaturated/α-hetero) is 1. The molecule has 0 bridgehead atoms. The van der Waals surface area contributed by atoms with E-state index in [2.05, 4.69) is 4.57 Å². The van der Waals surface area contributed by atoms with Gasteiger partial charge in [-0.15, -0.1) is 0 Å². The van der Waals surface area contributed by atoms with E-state index >= 15 is 0 Å². The molecular weight excluding hydrogens is 238 g/mol. The molecule has 3 rings (SSSR count). The highest BCUT2D eigenvalue weighted by atomic mass is 16.1. The molecule has 1 aromatic heterocycles. The molecule has 3 nitrogen and oxygen atoms in total. The number of carbonyl (C=O) groups is 2. The minimum Gasteiger partial charge on any atom is -0.344 e. The number of rotatable bonds is 2. The molecule has 0 atom stereocenters. The van der Waals surface area contributed by atoms with Crippen LogP contribution in [0.1, 0.15) is 45.8 Å². The molecule has 96 valence electrons. The van der Waals surface area contributed by atoms with E-state index in [0.29, 0.717) is 16.7 Å². The number of hydrogen-bond acceptors (Lipinski definition) is 2. The average Bonchev–Trinajstić information content (AvgIpc) is 2.83. The van der Waals surface area contributed by atoms with Crippen LogP contribution in [0.25, 0.3) is 11.3 Å². The van der Waals surface area contributed by atoms with Crippen LogP contribution in [0, 0.1) is 6.92 Å². The van der Waals surface area contributed by atoms with Gasteiger partial charge in [0.05, 0.1) is 11.3 Å². The molecule has 0 amide bonds. The zero-order valence-electron chi connectivity index (χ0n) is 11.3. The van der Waals surface area contributed by atoms with Gasteiger partial charge in [-0.2, -0.15) is 0 Å². The van der Waals surface area contributed by atoms with Gasteiger partial charge in [0.1, 0.15) is 0 Å². The van der Waals surface area contributed by atoms with Crippen LogP contribution < -0.4 is 0 Å². The molecule has 0 saturated heterocycles. The summed E-state index contributed by atoms with van der Waals surface area (Å²) >= 11 is 0. The van der Waals surface area contributed by atoms with Gasteiger partial charge in [0.2, 0.25) is 0 Å². The van der Waals surface area contributed by atoms with Crippen molar-refractivity contribution in [3.63, 3.8) is 0 Å². The van der Waals surface area contributed by atoms with Crippen LogP contribution in [0.3, 0.4) is 0 Å². The molecule has 0 spiro atoms. The SMILES string of the molecule is CCn1c(C)c(C(C)=O)c2c1-c1ccccc1C2=O. The zero-order valence-corrected chi connectivity index (χ0v) is 11.3. The Kier molecular flexibility index (Phi) is 2.45. The first-order chi connectivity index (χ1) is 9.07. The van der Waals surface area contributed by atoms with E-state index in [1.165, 1.54) is 6.92 Å². The first-order valence-electron chi connectivity index (χ1n) is 6.46. The fourth-order valence-electron chi connectivity index (χ4n) is 3.09. The van der Waals surface area contributed by atoms with Gasteiger partial charge in [-0.05, 0) is 20.8 Å². The van der Waals surface area contributed by atoms with Crippen molar-refractivity contribution in [3.8, 4) is 11.3 Å². The van der Waals surface area contributed by atoms with Gasteiger partial charge >= 0.3 is 0 Å². The topological polar surface area (TPSA) is 39.1 Å². The lowest BCUT2D eigenvalue weighted by molar-refractivity contribution is 0.0992. The Hall–Kier alpha value is -2.16.